The number of hydrogen-bond donors (Lipinski definition) is 2. The molecule has 3 rings (SSSR count). The first-order valence-electron chi connectivity index (χ1n) is 7.49. The van der Waals surface area contributed by atoms with Crippen LogP contribution in [-0.4, -0.2) is 29.1 Å². The molecule has 2 aromatic rings. The lowest BCUT2D eigenvalue weighted by molar-refractivity contribution is -0.133. The Hall–Kier alpha value is -3.48. The molecular weight excluding hydrogens is 324 g/mol. The van der Waals surface area contributed by atoms with Gasteiger partial charge in [0.1, 0.15) is 17.6 Å². The summed E-state index contributed by atoms with van der Waals surface area (Å²) in [6.07, 6.45) is 5.15. The molecule has 25 heavy (non-hydrogen) atoms. The van der Waals surface area contributed by atoms with Crippen LogP contribution in [0.15, 0.2) is 65.3 Å². The maximum Gasteiger partial charge on any atom is 0.328 e. The minimum atomic E-state index is -1.19. The average Bonchev–Trinajstić information content (AvgIpc) is 3.29. The van der Waals surface area contributed by atoms with Gasteiger partial charge in [-0.2, -0.15) is 0 Å². The van der Waals surface area contributed by atoms with E-state index in [1.54, 1.807) is 19.2 Å². The van der Waals surface area contributed by atoms with Crippen LogP contribution in [0, 0.1) is 0 Å². The zero-order valence-electron chi connectivity index (χ0n) is 13.4. The summed E-state index contributed by atoms with van der Waals surface area (Å²) in [6.45, 7) is 0. The van der Waals surface area contributed by atoms with Gasteiger partial charge >= 0.3 is 5.97 Å². The number of rotatable bonds is 5. The zero-order chi connectivity index (χ0) is 17.8. The quantitative estimate of drug-likeness (QED) is 0.812. The zero-order valence-corrected chi connectivity index (χ0v) is 13.4. The number of hydrogen-bond acceptors (Lipinski definition) is 5. The number of benzene rings is 1. The SMILES string of the molecule is COc1ccc(C2=C[C@@H](c3ccco3)N(C(=O)C=CC(=O)O)N2)cc1. The number of amides is 1. The monoisotopic (exact) mass is 340 g/mol. The molecule has 2 heterocycles. The van der Waals surface area contributed by atoms with E-state index in [-0.39, 0.29) is 0 Å². The lowest BCUT2D eigenvalue weighted by Crippen LogP contribution is -2.38. The number of carbonyl (C=O) groups excluding carboxylic acids is 1. The fraction of sp³-hybridized carbons (Fsp3) is 0.111. The van der Waals surface area contributed by atoms with Crippen molar-refractivity contribution >= 4 is 17.6 Å². The maximum absolute atomic E-state index is 12.4. The van der Waals surface area contributed by atoms with E-state index < -0.39 is 17.9 Å². The minimum absolute atomic E-state index is 0.488. The van der Waals surface area contributed by atoms with Gasteiger partial charge in [-0.1, -0.05) is 0 Å². The van der Waals surface area contributed by atoms with Crippen molar-refractivity contribution in [3.05, 3.63) is 72.2 Å². The number of carboxylic acid groups (broad SMARTS) is 1. The Morgan fingerprint density at radius 3 is 2.60 bits per heavy atom. The van der Waals surface area contributed by atoms with Crippen LogP contribution in [0.25, 0.3) is 5.70 Å². The molecule has 0 spiro atoms. The molecule has 0 fully saturated rings. The predicted octanol–water partition coefficient (Wildman–Crippen LogP) is 2.36. The molecule has 128 valence electrons. The first kappa shape index (κ1) is 16.4. The van der Waals surface area contributed by atoms with Crippen molar-refractivity contribution in [3.63, 3.8) is 0 Å². The van der Waals surface area contributed by atoms with Gasteiger partial charge in [0, 0.05) is 12.2 Å². The van der Waals surface area contributed by atoms with E-state index in [0.29, 0.717) is 11.5 Å². The smallest absolute Gasteiger partial charge is 0.328 e. The van der Waals surface area contributed by atoms with Gasteiger partial charge in [0.05, 0.1) is 19.1 Å². The topological polar surface area (TPSA) is 92.0 Å². The summed E-state index contributed by atoms with van der Waals surface area (Å²) in [7, 11) is 1.59. The van der Waals surface area contributed by atoms with Crippen molar-refractivity contribution in [3.8, 4) is 5.75 Å². The van der Waals surface area contributed by atoms with Crippen LogP contribution in [0.3, 0.4) is 0 Å². The number of aliphatic carboxylic acids is 1. The Kier molecular flexibility index (Phi) is 4.56. The Bertz CT molecular complexity index is 822. The second-order valence-corrected chi connectivity index (χ2v) is 5.26. The molecule has 1 aliphatic heterocycles. The Labute approximate surface area is 143 Å². The van der Waals surface area contributed by atoms with Crippen molar-refractivity contribution in [2.24, 2.45) is 0 Å². The van der Waals surface area contributed by atoms with Gasteiger partial charge in [-0.3, -0.25) is 10.2 Å². The van der Waals surface area contributed by atoms with Crippen molar-refractivity contribution in [1.82, 2.24) is 10.4 Å². The van der Waals surface area contributed by atoms with Crippen LogP contribution >= 0.6 is 0 Å². The molecule has 1 atom stereocenters. The third kappa shape index (κ3) is 3.55. The predicted molar refractivity (Wildman–Crippen MR) is 89.2 cm³/mol. The highest BCUT2D eigenvalue weighted by Crippen LogP contribution is 2.32. The van der Waals surface area contributed by atoms with Crippen molar-refractivity contribution in [2.45, 2.75) is 6.04 Å². The standard InChI is InChI=1S/C18H16N2O5/c1-24-13-6-4-12(5-7-13)14-11-15(16-3-2-10-25-16)20(19-14)17(21)8-9-18(22)23/h2-11,15,19H,1H3,(H,22,23)/t15-/m0/s1. The van der Waals surface area contributed by atoms with E-state index in [1.807, 2.05) is 30.3 Å². The third-order valence-corrected chi connectivity index (χ3v) is 3.69. The number of nitrogens with zero attached hydrogens (tertiary/aromatic N) is 1. The number of carbonyl (C=O) groups is 2. The highest BCUT2D eigenvalue weighted by molar-refractivity contribution is 5.95. The van der Waals surface area contributed by atoms with Crippen molar-refractivity contribution < 1.29 is 23.8 Å². The summed E-state index contributed by atoms with van der Waals surface area (Å²) in [5.41, 5.74) is 4.57. The normalized spacial score (nSPS) is 16.6. The number of carboxylic acids is 1. The van der Waals surface area contributed by atoms with Crippen LogP contribution in [0.5, 0.6) is 5.75 Å². The third-order valence-electron chi connectivity index (χ3n) is 3.69. The van der Waals surface area contributed by atoms with Gasteiger partial charge in [-0.25, -0.2) is 9.80 Å². The minimum Gasteiger partial charge on any atom is -0.497 e. The van der Waals surface area contributed by atoms with Gasteiger partial charge in [0.15, 0.2) is 0 Å². The fourth-order valence-corrected chi connectivity index (χ4v) is 2.48. The molecular formula is C18H16N2O5. The van der Waals surface area contributed by atoms with Crippen LogP contribution in [0.1, 0.15) is 17.4 Å². The summed E-state index contributed by atoms with van der Waals surface area (Å²) in [6, 6.07) is 10.3. The van der Waals surface area contributed by atoms with Gasteiger partial charge < -0.3 is 14.3 Å². The van der Waals surface area contributed by atoms with Crippen molar-refractivity contribution in [1.29, 1.82) is 0 Å². The van der Waals surface area contributed by atoms with Crippen LogP contribution < -0.4 is 10.2 Å². The summed E-state index contributed by atoms with van der Waals surface area (Å²) < 4.78 is 10.5. The fourth-order valence-electron chi connectivity index (χ4n) is 2.48. The number of furan rings is 1. The number of methoxy groups -OCH3 is 1. The molecule has 0 radical (unpaired) electrons. The lowest BCUT2D eigenvalue weighted by atomic mass is 10.1. The van der Waals surface area contributed by atoms with E-state index in [9.17, 15) is 9.59 Å². The number of hydrazine groups is 1. The first-order chi connectivity index (χ1) is 12.1. The maximum atomic E-state index is 12.4. The van der Waals surface area contributed by atoms with E-state index in [1.165, 1.54) is 11.3 Å². The lowest BCUT2D eigenvalue weighted by Gasteiger charge is -2.22. The summed E-state index contributed by atoms with van der Waals surface area (Å²) >= 11 is 0. The van der Waals surface area contributed by atoms with E-state index >= 15 is 0 Å². The van der Waals surface area contributed by atoms with Crippen LogP contribution in [-0.2, 0) is 9.59 Å². The highest BCUT2D eigenvalue weighted by atomic mass is 16.5. The molecule has 0 saturated carbocycles. The first-order valence-corrected chi connectivity index (χ1v) is 7.49. The molecule has 0 bridgehead atoms. The van der Waals surface area contributed by atoms with E-state index in [4.69, 9.17) is 14.3 Å². The largest absolute Gasteiger partial charge is 0.497 e. The highest BCUT2D eigenvalue weighted by Gasteiger charge is 2.31. The Balaban J connectivity index is 1.89. The molecule has 1 aromatic heterocycles. The summed E-state index contributed by atoms with van der Waals surface area (Å²) in [4.78, 5) is 23.0. The number of ether oxygens (including phenoxy) is 1. The van der Waals surface area contributed by atoms with E-state index in [2.05, 4.69) is 5.43 Å². The van der Waals surface area contributed by atoms with Gasteiger partial charge in [0.25, 0.3) is 5.91 Å². The van der Waals surface area contributed by atoms with Crippen LogP contribution in [0.4, 0.5) is 0 Å². The molecule has 7 heteroatoms. The van der Waals surface area contributed by atoms with Gasteiger partial charge in [-0.15, -0.1) is 0 Å². The van der Waals surface area contributed by atoms with E-state index in [0.717, 1.165) is 23.5 Å². The van der Waals surface area contributed by atoms with Gasteiger partial charge in [0.2, 0.25) is 0 Å². The molecule has 7 nitrogen and oxygen atoms in total. The second-order valence-electron chi connectivity index (χ2n) is 5.26. The average molecular weight is 340 g/mol. The molecule has 1 aliphatic rings. The molecule has 0 unspecified atom stereocenters. The van der Waals surface area contributed by atoms with Gasteiger partial charge in [-0.05, 0) is 48.0 Å². The van der Waals surface area contributed by atoms with Crippen molar-refractivity contribution in [2.75, 3.05) is 7.11 Å². The Morgan fingerprint density at radius 1 is 1.24 bits per heavy atom. The molecule has 1 aromatic carbocycles. The summed E-state index contributed by atoms with van der Waals surface area (Å²) in [5.74, 6) is -0.399. The number of nitrogens with one attached hydrogen (secondary N) is 1. The second kappa shape index (κ2) is 6.96. The molecule has 1 amide bonds. The Morgan fingerprint density at radius 2 is 2.00 bits per heavy atom. The summed E-state index contributed by atoms with van der Waals surface area (Å²) in [5, 5.41) is 10.0. The molecule has 0 saturated heterocycles. The molecule has 2 N–H and O–H groups in total. The van der Waals surface area contributed by atoms with Crippen LogP contribution in [0.2, 0.25) is 0 Å². The molecule has 0 aliphatic carbocycles.